The standard InChI is InChI=1S/C29H47N3O3/c1-4-35-22-12-19-32-27(33)26(23-24(2)3)30-28(34)29(32)16-20-31(21-17-29)18-11-6-5-8-13-25-14-9-7-10-15-25/h7,9-10,14-15,24,26H,4-6,8,11-13,16-23H2,1-3H3,(H,30,34)/t26-/m0/s1. The van der Waals surface area contributed by atoms with Crippen LogP contribution in [-0.2, 0) is 20.7 Å². The number of carbonyl (C=O) groups is 2. The van der Waals surface area contributed by atoms with Crippen LogP contribution in [0.25, 0.3) is 0 Å². The van der Waals surface area contributed by atoms with Crippen molar-refractivity contribution < 1.29 is 14.3 Å². The van der Waals surface area contributed by atoms with Crippen molar-refractivity contribution in [1.29, 1.82) is 0 Å². The zero-order valence-corrected chi connectivity index (χ0v) is 22.3. The highest BCUT2D eigenvalue weighted by Crippen LogP contribution is 2.34. The lowest BCUT2D eigenvalue weighted by atomic mass is 9.80. The highest BCUT2D eigenvalue weighted by atomic mass is 16.5. The van der Waals surface area contributed by atoms with Gasteiger partial charge in [-0.15, -0.1) is 0 Å². The van der Waals surface area contributed by atoms with Crippen LogP contribution in [0.3, 0.4) is 0 Å². The molecule has 1 N–H and O–H groups in total. The van der Waals surface area contributed by atoms with Crippen molar-refractivity contribution in [3.8, 4) is 0 Å². The third kappa shape index (κ3) is 7.78. The van der Waals surface area contributed by atoms with Crippen LogP contribution in [0.2, 0.25) is 0 Å². The minimum absolute atomic E-state index is 0.0553. The quantitative estimate of drug-likeness (QED) is 0.396. The fourth-order valence-electron chi connectivity index (χ4n) is 5.61. The van der Waals surface area contributed by atoms with Crippen molar-refractivity contribution >= 4 is 11.8 Å². The van der Waals surface area contributed by atoms with Crippen LogP contribution in [-0.4, -0.2) is 72.6 Å². The fourth-order valence-corrected chi connectivity index (χ4v) is 5.61. The van der Waals surface area contributed by atoms with Crippen molar-refractivity contribution in [2.45, 2.75) is 90.1 Å². The molecule has 2 saturated heterocycles. The Balaban J connectivity index is 1.47. The van der Waals surface area contributed by atoms with E-state index in [0.29, 0.717) is 32.1 Å². The minimum Gasteiger partial charge on any atom is -0.382 e. The Kier molecular flexibility index (Phi) is 11.1. The SMILES string of the molecule is CCOCCCN1C(=O)[C@H](CC(C)C)NC(=O)C12CCN(CCCCCCc1ccccc1)CC2. The van der Waals surface area contributed by atoms with E-state index in [0.717, 1.165) is 45.3 Å². The summed E-state index contributed by atoms with van der Waals surface area (Å²) in [4.78, 5) is 31.3. The molecule has 0 saturated carbocycles. The first-order valence-corrected chi connectivity index (χ1v) is 13.9. The summed E-state index contributed by atoms with van der Waals surface area (Å²) >= 11 is 0. The number of likely N-dealkylation sites (tertiary alicyclic amines) is 1. The van der Waals surface area contributed by atoms with Crippen molar-refractivity contribution in [1.82, 2.24) is 15.1 Å². The monoisotopic (exact) mass is 485 g/mol. The van der Waals surface area contributed by atoms with Gasteiger partial charge < -0.3 is 19.9 Å². The predicted molar refractivity (Wildman–Crippen MR) is 141 cm³/mol. The van der Waals surface area contributed by atoms with Gasteiger partial charge in [-0.3, -0.25) is 9.59 Å². The summed E-state index contributed by atoms with van der Waals surface area (Å²) in [6.45, 7) is 10.9. The molecule has 3 rings (SSSR count). The fraction of sp³-hybridized carbons (Fsp3) is 0.724. The van der Waals surface area contributed by atoms with Crippen molar-refractivity contribution in [3.05, 3.63) is 35.9 Å². The Morgan fingerprint density at radius 1 is 1.00 bits per heavy atom. The van der Waals surface area contributed by atoms with Crippen LogP contribution in [0.1, 0.15) is 77.7 Å². The van der Waals surface area contributed by atoms with Crippen molar-refractivity contribution in [2.24, 2.45) is 5.92 Å². The maximum atomic E-state index is 13.5. The molecule has 2 heterocycles. The molecule has 1 aromatic carbocycles. The van der Waals surface area contributed by atoms with Gasteiger partial charge in [-0.05, 0) is 69.9 Å². The van der Waals surface area contributed by atoms with Crippen molar-refractivity contribution in [2.75, 3.05) is 39.4 Å². The molecule has 0 unspecified atom stereocenters. The first kappa shape index (κ1) is 27.7. The average molecular weight is 486 g/mol. The summed E-state index contributed by atoms with van der Waals surface area (Å²) in [5.41, 5.74) is 0.735. The molecule has 1 spiro atoms. The molecular weight excluding hydrogens is 438 g/mol. The molecule has 1 aromatic rings. The number of hydrogen-bond donors (Lipinski definition) is 1. The summed E-state index contributed by atoms with van der Waals surface area (Å²) < 4.78 is 5.52. The van der Waals surface area contributed by atoms with Crippen LogP contribution in [0.5, 0.6) is 0 Å². The highest BCUT2D eigenvalue weighted by molar-refractivity contribution is 6.00. The van der Waals surface area contributed by atoms with Gasteiger partial charge in [0.1, 0.15) is 11.6 Å². The number of piperidine rings is 1. The lowest BCUT2D eigenvalue weighted by Gasteiger charge is -2.52. The molecule has 2 amide bonds. The number of piperazine rings is 1. The van der Waals surface area contributed by atoms with Crippen LogP contribution in [0, 0.1) is 5.92 Å². The Hall–Kier alpha value is -1.92. The summed E-state index contributed by atoms with van der Waals surface area (Å²) in [6.07, 6.45) is 9.01. The molecule has 2 fully saturated rings. The topological polar surface area (TPSA) is 61.9 Å². The summed E-state index contributed by atoms with van der Waals surface area (Å²) in [5.74, 6) is 0.513. The van der Waals surface area contributed by atoms with Gasteiger partial charge in [0.15, 0.2) is 0 Å². The Morgan fingerprint density at radius 3 is 2.40 bits per heavy atom. The maximum absolute atomic E-state index is 13.5. The third-order valence-corrected chi connectivity index (χ3v) is 7.61. The van der Waals surface area contributed by atoms with Crippen LogP contribution in [0.15, 0.2) is 30.3 Å². The zero-order chi connectivity index (χ0) is 25.1. The molecule has 196 valence electrons. The molecule has 0 aromatic heterocycles. The minimum atomic E-state index is -0.692. The molecule has 35 heavy (non-hydrogen) atoms. The predicted octanol–water partition coefficient (Wildman–Crippen LogP) is 4.42. The van der Waals surface area contributed by atoms with Crippen LogP contribution >= 0.6 is 0 Å². The maximum Gasteiger partial charge on any atom is 0.246 e. The number of ether oxygens (including phenoxy) is 1. The number of aryl methyl sites for hydroxylation is 1. The smallest absolute Gasteiger partial charge is 0.246 e. The second kappa shape index (κ2) is 14.0. The summed E-state index contributed by atoms with van der Waals surface area (Å²) in [6, 6.07) is 10.3. The molecule has 6 nitrogen and oxygen atoms in total. The van der Waals surface area contributed by atoms with E-state index < -0.39 is 11.6 Å². The number of hydrogen-bond acceptors (Lipinski definition) is 4. The van der Waals surface area contributed by atoms with E-state index in [1.54, 1.807) is 0 Å². The molecular formula is C29H47N3O3. The van der Waals surface area contributed by atoms with E-state index >= 15 is 0 Å². The van der Waals surface area contributed by atoms with Crippen molar-refractivity contribution in [3.63, 3.8) is 0 Å². The molecule has 2 aliphatic heterocycles. The van der Waals surface area contributed by atoms with Gasteiger partial charge in [0.25, 0.3) is 0 Å². The Labute approximate surface area is 212 Å². The van der Waals surface area contributed by atoms with Gasteiger partial charge in [-0.1, -0.05) is 57.0 Å². The lowest BCUT2D eigenvalue weighted by molar-refractivity contribution is -0.162. The van der Waals surface area contributed by atoms with E-state index in [4.69, 9.17) is 4.74 Å². The number of benzene rings is 1. The largest absolute Gasteiger partial charge is 0.382 e. The van der Waals surface area contributed by atoms with Gasteiger partial charge in [0.05, 0.1) is 0 Å². The number of nitrogens with zero attached hydrogens (tertiary/aromatic N) is 2. The average Bonchev–Trinajstić information content (AvgIpc) is 2.85. The molecule has 1 atom stereocenters. The number of rotatable bonds is 14. The van der Waals surface area contributed by atoms with Crippen LogP contribution in [0.4, 0.5) is 0 Å². The lowest BCUT2D eigenvalue weighted by Crippen LogP contribution is -2.73. The van der Waals surface area contributed by atoms with Gasteiger partial charge in [-0.25, -0.2) is 0 Å². The molecule has 6 heteroatoms. The first-order chi connectivity index (χ1) is 17.0. The normalized spacial score (nSPS) is 20.6. The third-order valence-electron chi connectivity index (χ3n) is 7.61. The second-order valence-corrected chi connectivity index (χ2v) is 10.7. The number of carbonyl (C=O) groups excluding carboxylic acids is 2. The summed E-state index contributed by atoms with van der Waals surface area (Å²) in [5, 5.41) is 3.10. The van der Waals surface area contributed by atoms with E-state index in [9.17, 15) is 9.59 Å². The molecule has 0 radical (unpaired) electrons. The van der Waals surface area contributed by atoms with Gasteiger partial charge in [-0.2, -0.15) is 0 Å². The Bertz CT molecular complexity index is 775. The number of unbranched alkanes of at least 4 members (excludes halogenated alkanes) is 3. The Morgan fingerprint density at radius 2 is 1.71 bits per heavy atom. The van der Waals surface area contributed by atoms with E-state index in [1.165, 1.54) is 31.2 Å². The molecule has 0 bridgehead atoms. The van der Waals surface area contributed by atoms with E-state index in [1.807, 2.05) is 11.8 Å². The number of nitrogens with one attached hydrogen (secondary N) is 1. The van der Waals surface area contributed by atoms with Gasteiger partial charge in [0.2, 0.25) is 11.8 Å². The highest BCUT2D eigenvalue weighted by Gasteiger charge is 2.53. The first-order valence-electron chi connectivity index (χ1n) is 13.9. The van der Waals surface area contributed by atoms with E-state index in [2.05, 4.69) is 54.4 Å². The molecule has 0 aliphatic carbocycles. The second-order valence-electron chi connectivity index (χ2n) is 10.7. The van der Waals surface area contributed by atoms with Gasteiger partial charge in [0, 0.05) is 32.8 Å². The summed E-state index contributed by atoms with van der Waals surface area (Å²) in [7, 11) is 0. The molecule has 2 aliphatic rings. The van der Waals surface area contributed by atoms with E-state index in [-0.39, 0.29) is 11.8 Å². The van der Waals surface area contributed by atoms with Crippen LogP contribution < -0.4 is 5.32 Å². The zero-order valence-electron chi connectivity index (χ0n) is 22.3. The number of amides is 2. The van der Waals surface area contributed by atoms with Gasteiger partial charge >= 0.3 is 0 Å².